The van der Waals surface area contributed by atoms with Crippen molar-refractivity contribution in [3.63, 3.8) is 0 Å². The van der Waals surface area contributed by atoms with Gasteiger partial charge in [0.2, 0.25) is 0 Å². The molecule has 0 saturated carbocycles. The number of benzene rings is 1. The van der Waals surface area contributed by atoms with Crippen LogP contribution < -0.4 is 10.6 Å². The standard InChI is InChI=1S/C18H18N4O2/c19-10-14-6-7-17(21-12-14)20-11-13-3-1-4-15(9-13)22-18(23)16-5-2-8-24-16/h1,3-4,6-7,9,12,16H,2,5,8,11H2,(H,20,21)(H,22,23)/t16-/m0/s1. The Balaban J connectivity index is 1.58. The summed E-state index contributed by atoms with van der Waals surface area (Å²) in [6, 6.07) is 13.2. The minimum absolute atomic E-state index is 0.0913. The SMILES string of the molecule is N#Cc1ccc(NCc2cccc(NC(=O)[C@@H]3CCCO3)c2)nc1. The zero-order valence-corrected chi connectivity index (χ0v) is 13.2. The maximum Gasteiger partial charge on any atom is 0.253 e. The molecule has 3 rings (SSSR count). The van der Waals surface area contributed by atoms with Crippen molar-refractivity contribution in [2.24, 2.45) is 0 Å². The van der Waals surface area contributed by atoms with Crippen LogP contribution in [0.3, 0.4) is 0 Å². The monoisotopic (exact) mass is 322 g/mol. The second-order valence-corrected chi connectivity index (χ2v) is 5.59. The van der Waals surface area contributed by atoms with Gasteiger partial charge in [0, 0.05) is 25.0 Å². The average molecular weight is 322 g/mol. The highest BCUT2D eigenvalue weighted by atomic mass is 16.5. The number of ether oxygens (including phenoxy) is 1. The summed E-state index contributed by atoms with van der Waals surface area (Å²) in [4.78, 5) is 16.2. The van der Waals surface area contributed by atoms with Gasteiger partial charge in [-0.15, -0.1) is 0 Å². The maximum absolute atomic E-state index is 12.1. The van der Waals surface area contributed by atoms with E-state index in [9.17, 15) is 4.79 Å². The highest BCUT2D eigenvalue weighted by molar-refractivity contribution is 5.94. The molecule has 6 nitrogen and oxygen atoms in total. The van der Waals surface area contributed by atoms with E-state index in [1.165, 1.54) is 6.20 Å². The van der Waals surface area contributed by atoms with Gasteiger partial charge in [0.15, 0.2) is 0 Å². The smallest absolute Gasteiger partial charge is 0.253 e. The van der Waals surface area contributed by atoms with E-state index in [1.807, 2.05) is 30.3 Å². The molecule has 1 atom stereocenters. The molecule has 1 fully saturated rings. The second kappa shape index (κ2) is 7.57. The third-order valence-electron chi connectivity index (χ3n) is 3.78. The summed E-state index contributed by atoms with van der Waals surface area (Å²) in [5.74, 6) is 0.606. The van der Waals surface area contributed by atoms with Crippen molar-refractivity contribution in [1.82, 2.24) is 4.98 Å². The number of rotatable bonds is 5. The zero-order chi connectivity index (χ0) is 16.8. The van der Waals surface area contributed by atoms with Crippen LogP contribution in [0.15, 0.2) is 42.6 Å². The van der Waals surface area contributed by atoms with E-state index in [2.05, 4.69) is 15.6 Å². The number of nitrogens with one attached hydrogen (secondary N) is 2. The quantitative estimate of drug-likeness (QED) is 0.884. The number of pyridine rings is 1. The van der Waals surface area contributed by atoms with E-state index >= 15 is 0 Å². The largest absolute Gasteiger partial charge is 0.368 e. The first-order valence-electron chi connectivity index (χ1n) is 7.86. The van der Waals surface area contributed by atoms with Gasteiger partial charge in [-0.2, -0.15) is 5.26 Å². The number of carbonyl (C=O) groups is 1. The van der Waals surface area contributed by atoms with Gasteiger partial charge in [0.25, 0.3) is 5.91 Å². The summed E-state index contributed by atoms with van der Waals surface area (Å²) in [5.41, 5.74) is 2.30. The van der Waals surface area contributed by atoms with Gasteiger partial charge in [-0.3, -0.25) is 4.79 Å². The van der Waals surface area contributed by atoms with Crippen LogP contribution in [0.4, 0.5) is 11.5 Å². The summed E-state index contributed by atoms with van der Waals surface area (Å²) in [6.45, 7) is 1.22. The van der Waals surface area contributed by atoms with Gasteiger partial charge in [0.05, 0.1) is 5.56 Å². The molecule has 1 aromatic carbocycles. The molecule has 1 aliphatic rings. The molecule has 6 heteroatoms. The Labute approximate surface area is 140 Å². The van der Waals surface area contributed by atoms with Crippen LogP contribution in [-0.4, -0.2) is 23.6 Å². The topological polar surface area (TPSA) is 87.0 Å². The zero-order valence-electron chi connectivity index (χ0n) is 13.2. The summed E-state index contributed by atoms with van der Waals surface area (Å²) >= 11 is 0. The lowest BCUT2D eigenvalue weighted by molar-refractivity contribution is -0.124. The van der Waals surface area contributed by atoms with Crippen LogP contribution in [0.2, 0.25) is 0 Å². The van der Waals surface area contributed by atoms with Gasteiger partial charge < -0.3 is 15.4 Å². The average Bonchev–Trinajstić information content (AvgIpc) is 3.15. The maximum atomic E-state index is 12.1. The van der Waals surface area contributed by atoms with Crippen molar-refractivity contribution in [2.75, 3.05) is 17.2 Å². The van der Waals surface area contributed by atoms with Crippen LogP contribution in [0.1, 0.15) is 24.0 Å². The van der Waals surface area contributed by atoms with Gasteiger partial charge in [-0.05, 0) is 42.7 Å². The molecular formula is C18H18N4O2. The van der Waals surface area contributed by atoms with Crippen LogP contribution in [0.25, 0.3) is 0 Å². The van der Waals surface area contributed by atoms with Crippen molar-refractivity contribution in [3.8, 4) is 6.07 Å². The van der Waals surface area contributed by atoms with E-state index in [4.69, 9.17) is 10.00 Å². The summed E-state index contributed by atoms with van der Waals surface area (Å²) < 4.78 is 5.39. The number of carbonyl (C=O) groups excluding carboxylic acids is 1. The van der Waals surface area contributed by atoms with Crippen molar-refractivity contribution < 1.29 is 9.53 Å². The molecule has 1 aliphatic heterocycles. The van der Waals surface area contributed by atoms with Crippen molar-refractivity contribution in [3.05, 3.63) is 53.7 Å². The van der Waals surface area contributed by atoms with Crippen molar-refractivity contribution in [1.29, 1.82) is 5.26 Å². The fourth-order valence-corrected chi connectivity index (χ4v) is 2.52. The number of nitriles is 1. The van der Waals surface area contributed by atoms with Crippen molar-refractivity contribution >= 4 is 17.4 Å². The summed E-state index contributed by atoms with van der Waals surface area (Å²) in [6.07, 6.45) is 2.90. The fraction of sp³-hybridized carbons (Fsp3) is 0.278. The van der Waals surface area contributed by atoms with Crippen LogP contribution >= 0.6 is 0 Å². The number of amides is 1. The molecule has 1 saturated heterocycles. The molecule has 0 radical (unpaired) electrons. The number of hydrogen-bond donors (Lipinski definition) is 2. The first-order chi connectivity index (χ1) is 11.7. The molecule has 2 heterocycles. The lowest BCUT2D eigenvalue weighted by Crippen LogP contribution is -2.26. The Hall–Kier alpha value is -2.91. The Morgan fingerprint density at radius 2 is 2.29 bits per heavy atom. The molecule has 2 aromatic rings. The molecular weight excluding hydrogens is 304 g/mol. The Morgan fingerprint density at radius 3 is 3.00 bits per heavy atom. The summed E-state index contributed by atoms with van der Waals surface area (Å²) in [7, 11) is 0. The van der Waals surface area contributed by atoms with E-state index in [0.717, 1.165) is 24.1 Å². The molecule has 1 aromatic heterocycles. The second-order valence-electron chi connectivity index (χ2n) is 5.59. The van der Waals surface area contributed by atoms with E-state index in [1.54, 1.807) is 12.1 Å². The first-order valence-corrected chi connectivity index (χ1v) is 7.86. The molecule has 2 N–H and O–H groups in total. The minimum atomic E-state index is -0.338. The van der Waals surface area contributed by atoms with E-state index in [-0.39, 0.29) is 12.0 Å². The van der Waals surface area contributed by atoms with Crippen molar-refractivity contribution in [2.45, 2.75) is 25.5 Å². The number of aromatic nitrogens is 1. The van der Waals surface area contributed by atoms with E-state index < -0.39 is 0 Å². The summed E-state index contributed by atoms with van der Waals surface area (Å²) in [5, 5.41) is 14.8. The lowest BCUT2D eigenvalue weighted by Gasteiger charge is -2.12. The molecule has 122 valence electrons. The van der Waals surface area contributed by atoms with Crippen LogP contribution in [0.5, 0.6) is 0 Å². The van der Waals surface area contributed by atoms with Crippen LogP contribution in [-0.2, 0) is 16.1 Å². The Morgan fingerprint density at radius 1 is 1.38 bits per heavy atom. The van der Waals surface area contributed by atoms with E-state index in [0.29, 0.717) is 24.5 Å². The number of nitrogens with zero attached hydrogens (tertiary/aromatic N) is 2. The predicted molar refractivity (Wildman–Crippen MR) is 90.3 cm³/mol. The highest BCUT2D eigenvalue weighted by Gasteiger charge is 2.23. The third-order valence-corrected chi connectivity index (χ3v) is 3.78. The Kier molecular flexibility index (Phi) is 5.04. The Bertz CT molecular complexity index is 746. The van der Waals surface area contributed by atoms with Gasteiger partial charge in [0.1, 0.15) is 18.0 Å². The van der Waals surface area contributed by atoms with Gasteiger partial charge in [-0.25, -0.2) is 4.98 Å². The molecule has 0 bridgehead atoms. The molecule has 24 heavy (non-hydrogen) atoms. The first kappa shape index (κ1) is 16.0. The fourth-order valence-electron chi connectivity index (χ4n) is 2.52. The normalized spacial score (nSPS) is 16.4. The highest BCUT2D eigenvalue weighted by Crippen LogP contribution is 2.17. The van der Waals surface area contributed by atoms with Crippen LogP contribution in [0, 0.1) is 11.3 Å². The number of anilines is 2. The molecule has 1 amide bonds. The number of hydrogen-bond acceptors (Lipinski definition) is 5. The predicted octanol–water partition coefficient (Wildman–Crippen LogP) is 2.68. The van der Waals surface area contributed by atoms with Gasteiger partial charge >= 0.3 is 0 Å². The molecule has 0 unspecified atom stereocenters. The minimum Gasteiger partial charge on any atom is -0.368 e. The lowest BCUT2D eigenvalue weighted by atomic mass is 10.2. The molecule has 0 aliphatic carbocycles. The molecule has 0 spiro atoms. The van der Waals surface area contributed by atoms with Gasteiger partial charge in [-0.1, -0.05) is 12.1 Å². The third kappa shape index (κ3) is 4.09.